The summed E-state index contributed by atoms with van der Waals surface area (Å²) in [6.07, 6.45) is 0. The number of nitrogens with two attached hydrogens (primary N) is 1. The average Bonchev–Trinajstić information content (AvgIpc) is 3.76. The lowest BCUT2D eigenvalue weighted by Crippen LogP contribution is -1.89. The van der Waals surface area contributed by atoms with Gasteiger partial charge in [-0.2, -0.15) is 0 Å². The lowest BCUT2D eigenvalue weighted by molar-refractivity contribution is 0.663. The molecule has 0 bridgehead atoms. The third-order valence-electron chi connectivity index (χ3n) is 9.16. The van der Waals surface area contributed by atoms with Crippen molar-refractivity contribution in [2.45, 2.75) is 28.7 Å². The number of fused-ring (bicyclic) bond motifs is 10. The topological polar surface area (TPSA) is 64.3 Å². The van der Waals surface area contributed by atoms with E-state index in [-0.39, 0.29) is 14.9 Å². The van der Waals surface area contributed by atoms with E-state index in [4.69, 9.17) is 14.6 Å². The Bertz CT molecular complexity index is 2820. The summed E-state index contributed by atoms with van der Waals surface area (Å²) in [5.41, 5.74) is 14.5. The lowest BCUT2D eigenvalue weighted by Gasteiger charge is -2.06. The van der Waals surface area contributed by atoms with Crippen molar-refractivity contribution in [1.29, 1.82) is 0 Å². The number of hydrogen-bond acceptors (Lipinski definition) is 4. The van der Waals surface area contributed by atoms with Crippen molar-refractivity contribution in [1.82, 2.24) is 0 Å². The predicted octanol–water partition coefficient (Wildman–Crippen LogP) is 15.0. The molecule has 0 spiro atoms. The van der Waals surface area contributed by atoms with Gasteiger partial charge in [0, 0.05) is 32.9 Å². The summed E-state index contributed by atoms with van der Waals surface area (Å²) < 4.78 is 13.6. The minimum absolute atomic E-state index is 0. The van der Waals surface area contributed by atoms with Crippen LogP contribution in [0.5, 0.6) is 0 Å². The molecule has 0 aliphatic rings. The monoisotopic (exact) mass is 806 g/mol. The molecule has 4 nitrogen and oxygen atoms in total. The van der Waals surface area contributed by atoms with Crippen LogP contribution in [0.4, 0.5) is 17.1 Å². The molecule has 3 N–H and O–H groups in total. The summed E-state index contributed by atoms with van der Waals surface area (Å²) in [5, 5.41) is 13.3. The first-order valence-corrected chi connectivity index (χ1v) is 18.0. The highest BCUT2D eigenvalue weighted by Gasteiger charge is 2.16. The van der Waals surface area contributed by atoms with E-state index in [9.17, 15) is 0 Å². The minimum Gasteiger partial charge on any atom is -0.455 e. The van der Waals surface area contributed by atoms with Gasteiger partial charge in [-0.1, -0.05) is 124 Å². The highest BCUT2D eigenvalue weighted by atomic mass is 127. The molecular formula is C48H43IN2O2. The van der Waals surface area contributed by atoms with Crippen LogP contribution in [-0.4, -0.2) is 0 Å². The number of anilines is 3. The molecule has 0 saturated heterocycles. The largest absolute Gasteiger partial charge is 0.455 e. The summed E-state index contributed by atoms with van der Waals surface area (Å²) in [5.74, 6) is 0. The molecule has 0 aliphatic heterocycles. The Labute approximate surface area is 324 Å². The average molecular weight is 807 g/mol. The van der Waals surface area contributed by atoms with E-state index in [2.05, 4.69) is 151 Å². The molecule has 0 atom stereocenters. The van der Waals surface area contributed by atoms with Crippen LogP contribution in [0.15, 0.2) is 167 Å². The van der Waals surface area contributed by atoms with Crippen molar-refractivity contribution < 1.29 is 8.83 Å². The number of nitrogens with one attached hydrogen (secondary N) is 1. The van der Waals surface area contributed by atoms with E-state index in [0.717, 1.165) is 53.9 Å². The fourth-order valence-electron chi connectivity index (χ4n) is 6.82. The normalized spacial score (nSPS) is 10.7. The number of aryl methyl sites for hydroxylation is 2. The Morgan fingerprint density at radius 3 is 1.47 bits per heavy atom. The zero-order valence-electron chi connectivity index (χ0n) is 28.3. The van der Waals surface area contributed by atoms with Gasteiger partial charge in [0.15, 0.2) is 5.58 Å². The molecule has 2 heterocycles. The third kappa shape index (κ3) is 7.17. The van der Waals surface area contributed by atoms with E-state index < -0.39 is 0 Å². The Hall–Kier alpha value is -5.79. The van der Waals surface area contributed by atoms with Gasteiger partial charge >= 0.3 is 0 Å². The molecule has 0 radical (unpaired) electrons. The number of para-hydroxylation sites is 4. The van der Waals surface area contributed by atoms with Gasteiger partial charge in [-0.05, 0) is 118 Å². The van der Waals surface area contributed by atoms with Gasteiger partial charge in [-0.15, -0.1) is 0 Å². The number of furan rings is 2. The van der Waals surface area contributed by atoms with Crippen molar-refractivity contribution in [2.75, 3.05) is 11.1 Å². The van der Waals surface area contributed by atoms with Crippen molar-refractivity contribution >= 4 is 105 Å². The Balaban J connectivity index is 0.000000152. The van der Waals surface area contributed by atoms with Gasteiger partial charge in [0.25, 0.3) is 0 Å². The quantitative estimate of drug-likeness (QED) is 0.135. The number of nitrogen functional groups attached to an aromatic ring is 1. The number of hydrogen-bond donors (Lipinski definition) is 2. The maximum atomic E-state index is 6.33. The van der Waals surface area contributed by atoms with Crippen LogP contribution in [0, 0.1) is 17.4 Å². The second-order valence-corrected chi connectivity index (χ2v) is 13.8. The zero-order valence-corrected chi connectivity index (χ0v) is 30.4. The van der Waals surface area contributed by atoms with E-state index in [0.29, 0.717) is 0 Å². The second kappa shape index (κ2) is 15.8. The maximum absolute atomic E-state index is 6.33. The molecule has 5 heteroatoms. The molecule has 8 aromatic carbocycles. The molecule has 0 aliphatic carbocycles. The summed E-state index contributed by atoms with van der Waals surface area (Å²) in [4.78, 5) is 0. The number of halogens is 1. The van der Waals surface area contributed by atoms with Gasteiger partial charge in [-0.25, -0.2) is 0 Å². The first-order chi connectivity index (χ1) is 25.0. The van der Waals surface area contributed by atoms with Crippen molar-refractivity contribution in [3.8, 4) is 0 Å². The highest BCUT2D eigenvalue weighted by Crippen LogP contribution is 2.40. The standard InChI is InChI=1S/C23H17NO.C17H11IO.C6H7N.2CH4/c1-15-14-16-8-5-6-11-18(16)21-19-12-7-13-20(23(19)25-22(15)21)24-17-9-3-2-4-10-17;1-10-9-11-5-2-3-6-12(11)15-13-7-4-8-14(18)17(13)19-16(10)15;7-6-4-2-1-3-5-6;;/h2-14,24H,1H3;2-9H,1H3;1-5H,7H2;2*1H4. The van der Waals surface area contributed by atoms with E-state index >= 15 is 0 Å². The van der Waals surface area contributed by atoms with Crippen LogP contribution in [0.1, 0.15) is 26.0 Å². The molecule has 0 saturated carbocycles. The molecule has 53 heavy (non-hydrogen) atoms. The van der Waals surface area contributed by atoms with Crippen molar-refractivity contribution in [3.63, 3.8) is 0 Å². The van der Waals surface area contributed by atoms with Crippen LogP contribution >= 0.6 is 22.6 Å². The first kappa shape index (κ1) is 37.0. The fraction of sp³-hybridized carbons (Fsp3) is 0.0833. The molecule has 0 amide bonds. The molecule has 10 aromatic rings. The molecule has 0 unspecified atom stereocenters. The Morgan fingerprint density at radius 1 is 0.472 bits per heavy atom. The molecular weight excluding hydrogens is 763 g/mol. The van der Waals surface area contributed by atoms with Crippen LogP contribution in [0.3, 0.4) is 0 Å². The third-order valence-corrected chi connectivity index (χ3v) is 10.0. The Morgan fingerprint density at radius 2 is 0.925 bits per heavy atom. The predicted molar refractivity (Wildman–Crippen MR) is 239 cm³/mol. The number of benzene rings is 8. The summed E-state index contributed by atoms with van der Waals surface area (Å²) in [7, 11) is 0. The van der Waals surface area contributed by atoms with Crippen LogP contribution in [0.2, 0.25) is 0 Å². The number of rotatable bonds is 2. The van der Waals surface area contributed by atoms with Crippen LogP contribution in [-0.2, 0) is 0 Å². The van der Waals surface area contributed by atoms with Gasteiger partial charge in [0.2, 0.25) is 0 Å². The minimum atomic E-state index is 0. The first-order valence-electron chi connectivity index (χ1n) is 16.9. The fourth-order valence-corrected chi connectivity index (χ4v) is 7.43. The summed E-state index contributed by atoms with van der Waals surface area (Å²) in [6, 6.07) is 53.7. The van der Waals surface area contributed by atoms with Crippen LogP contribution < -0.4 is 11.1 Å². The van der Waals surface area contributed by atoms with E-state index in [1.165, 1.54) is 43.3 Å². The SMILES string of the molecule is C.C.Cc1cc2ccccc2c2c1oc1c(I)cccc12.Cc1cc2ccccc2c2c1oc1c(Nc3ccccc3)cccc12.Nc1ccccc1. The van der Waals surface area contributed by atoms with Crippen molar-refractivity contribution in [3.05, 3.63) is 172 Å². The van der Waals surface area contributed by atoms with E-state index in [1.807, 2.05) is 48.5 Å². The molecule has 10 rings (SSSR count). The zero-order chi connectivity index (χ0) is 34.9. The summed E-state index contributed by atoms with van der Waals surface area (Å²) in [6.45, 7) is 4.23. The van der Waals surface area contributed by atoms with Gasteiger partial charge < -0.3 is 19.9 Å². The van der Waals surface area contributed by atoms with Gasteiger partial charge in [0.05, 0.1) is 9.26 Å². The molecule has 0 fully saturated rings. The maximum Gasteiger partial charge on any atom is 0.158 e. The van der Waals surface area contributed by atoms with Crippen molar-refractivity contribution in [2.24, 2.45) is 0 Å². The second-order valence-electron chi connectivity index (χ2n) is 12.6. The smallest absolute Gasteiger partial charge is 0.158 e. The van der Waals surface area contributed by atoms with Gasteiger partial charge in [-0.3, -0.25) is 0 Å². The Kier molecular flexibility index (Phi) is 11.1. The van der Waals surface area contributed by atoms with E-state index in [1.54, 1.807) is 0 Å². The summed E-state index contributed by atoms with van der Waals surface area (Å²) >= 11 is 2.33. The highest BCUT2D eigenvalue weighted by molar-refractivity contribution is 14.1. The molecule has 264 valence electrons. The lowest BCUT2D eigenvalue weighted by atomic mass is 10.0. The van der Waals surface area contributed by atoms with Crippen LogP contribution in [0.25, 0.3) is 65.4 Å². The van der Waals surface area contributed by atoms with Gasteiger partial charge in [0.1, 0.15) is 16.7 Å². The molecule has 2 aromatic heterocycles.